The number of rotatable bonds is 6. The Morgan fingerprint density at radius 2 is 2.05 bits per heavy atom. The van der Waals surface area contributed by atoms with Crippen molar-refractivity contribution in [2.75, 3.05) is 11.9 Å². The third kappa shape index (κ3) is 4.84. The molecule has 116 valence electrons. The molecule has 0 saturated carbocycles. The van der Waals surface area contributed by atoms with Gasteiger partial charge in [-0.25, -0.2) is 4.39 Å². The Morgan fingerprint density at radius 3 is 2.77 bits per heavy atom. The van der Waals surface area contributed by atoms with E-state index in [0.717, 1.165) is 6.42 Å². The third-order valence-corrected chi connectivity index (χ3v) is 3.12. The number of carbonyl (C=O) groups excluding carboxylic acids is 1. The van der Waals surface area contributed by atoms with Crippen molar-refractivity contribution >= 4 is 17.3 Å². The molecule has 0 aliphatic carbocycles. The van der Waals surface area contributed by atoms with Crippen LogP contribution in [0, 0.1) is 11.7 Å². The van der Waals surface area contributed by atoms with Crippen LogP contribution in [-0.2, 0) is 0 Å². The summed E-state index contributed by atoms with van der Waals surface area (Å²) in [5.41, 5.74) is 1.73. The fraction of sp³-hybridized carbons (Fsp3) is 0.294. The smallest absolute Gasteiger partial charge is 0.252 e. The molecule has 4 nitrogen and oxygen atoms in total. The standard InChI is InChI=1S/C17H20FN3O/c1-12(2)6-7-20-17(22)13-8-16(11-19-10-13)21-15-5-3-4-14(18)9-15/h3-5,8-12,21H,6-7H2,1-2H3,(H,20,22). The fourth-order valence-corrected chi connectivity index (χ4v) is 1.94. The van der Waals surface area contributed by atoms with Crippen molar-refractivity contribution in [2.24, 2.45) is 5.92 Å². The van der Waals surface area contributed by atoms with E-state index in [0.29, 0.717) is 29.4 Å². The molecule has 0 atom stereocenters. The molecule has 1 aromatic carbocycles. The van der Waals surface area contributed by atoms with Crippen LogP contribution in [0.1, 0.15) is 30.6 Å². The summed E-state index contributed by atoms with van der Waals surface area (Å²) >= 11 is 0. The van der Waals surface area contributed by atoms with Crippen LogP contribution in [0.2, 0.25) is 0 Å². The molecular weight excluding hydrogens is 281 g/mol. The molecule has 2 N–H and O–H groups in total. The van der Waals surface area contributed by atoms with Crippen LogP contribution in [0.3, 0.4) is 0 Å². The maximum absolute atomic E-state index is 13.2. The van der Waals surface area contributed by atoms with Gasteiger partial charge in [-0.1, -0.05) is 19.9 Å². The Kier molecular flexibility index (Phi) is 5.47. The van der Waals surface area contributed by atoms with E-state index in [-0.39, 0.29) is 11.7 Å². The van der Waals surface area contributed by atoms with E-state index in [2.05, 4.69) is 29.5 Å². The number of anilines is 2. The van der Waals surface area contributed by atoms with Crippen LogP contribution in [0.5, 0.6) is 0 Å². The van der Waals surface area contributed by atoms with Gasteiger partial charge in [0.05, 0.1) is 17.4 Å². The summed E-state index contributed by atoms with van der Waals surface area (Å²) < 4.78 is 13.2. The average molecular weight is 301 g/mol. The van der Waals surface area contributed by atoms with Crippen molar-refractivity contribution < 1.29 is 9.18 Å². The van der Waals surface area contributed by atoms with Crippen LogP contribution in [0.15, 0.2) is 42.7 Å². The minimum Gasteiger partial charge on any atom is -0.354 e. The van der Waals surface area contributed by atoms with Crippen molar-refractivity contribution in [1.29, 1.82) is 0 Å². The second kappa shape index (κ2) is 7.54. The van der Waals surface area contributed by atoms with E-state index in [1.807, 2.05) is 0 Å². The van der Waals surface area contributed by atoms with Crippen molar-refractivity contribution in [2.45, 2.75) is 20.3 Å². The van der Waals surface area contributed by atoms with E-state index < -0.39 is 0 Å². The number of nitrogens with one attached hydrogen (secondary N) is 2. The summed E-state index contributed by atoms with van der Waals surface area (Å²) in [5.74, 6) is 0.0657. The van der Waals surface area contributed by atoms with E-state index >= 15 is 0 Å². The molecule has 0 aliphatic heterocycles. The van der Waals surface area contributed by atoms with Gasteiger partial charge in [-0.3, -0.25) is 9.78 Å². The Labute approximate surface area is 129 Å². The largest absolute Gasteiger partial charge is 0.354 e. The molecule has 1 aromatic heterocycles. The second-order valence-corrected chi connectivity index (χ2v) is 5.54. The lowest BCUT2D eigenvalue weighted by Crippen LogP contribution is -2.25. The predicted octanol–water partition coefficient (Wildman–Crippen LogP) is 3.74. The first-order valence-electron chi connectivity index (χ1n) is 7.30. The first-order valence-corrected chi connectivity index (χ1v) is 7.30. The lowest BCUT2D eigenvalue weighted by molar-refractivity contribution is 0.0951. The molecule has 0 aliphatic rings. The maximum Gasteiger partial charge on any atom is 0.252 e. The molecule has 2 aromatic rings. The zero-order valence-electron chi connectivity index (χ0n) is 12.8. The summed E-state index contributed by atoms with van der Waals surface area (Å²) in [6.45, 7) is 4.85. The van der Waals surface area contributed by atoms with Gasteiger partial charge in [0.2, 0.25) is 0 Å². The van der Waals surface area contributed by atoms with E-state index in [1.54, 1.807) is 24.4 Å². The normalized spacial score (nSPS) is 10.5. The maximum atomic E-state index is 13.2. The molecule has 0 spiro atoms. The summed E-state index contributed by atoms with van der Waals surface area (Å²) in [6.07, 6.45) is 4.04. The summed E-state index contributed by atoms with van der Waals surface area (Å²) in [5, 5.41) is 5.90. The monoisotopic (exact) mass is 301 g/mol. The molecule has 1 amide bonds. The van der Waals surface area contributed by atoms with Gasteiger partial charge in [0.25, 0.3) is 5.91 Å². The summed E-state index contributed by atoms with van der Waals surface area (Å²) in [7, 11) is 0. The molecule has 0 radical (unpaired) electrons. The molecule has 0 unspecified atom stereocenters. The van der Waals surface area contributed by atoms with E-state index in [9.17, 15) is 9.18 Å². The Morgan fingerprint density at radius 1 is 1.23 bits per heavy atom. The van der Waals surface area contributed by atoms with Crippen LogP contribution >= 0.6 is 0 Å². The second-order valence-electron chi connectivity index (χ2n) is 5.54. The number of pyridine rings is 1. The van der Waals surface area contributed by atoms with Gasteiger partial charge in [-0.15, -0.1) is 0 Å². The molecular formula is C17H20FN3O. The molecule has 5 heteroatoms. The van der Waals surface area contributed by atoms with Crippen molar-refractivity contribution in [3.8, 4) is 0 Å². The van der Waals surface area contributed by atoms with Gasteiger partial charge in [-0.05, 0) is 36.6 Å². The molecule has 0 saturated heterocycles. The quantitative estimate of drug-likeness (QED) is 0.854. The molecule has 22 heavy (non-hydrogen) atoms. The third-order valence-electron chi connectivity index (χ3n) is 3.12. The highest BCUT2D eigenvalue weighted by atomic mass is 19.1. The van der Waals surface area contributed by atoms with Gasteiger partial charge in [0.15, 0.2) is 0 Å². The summed E-state index contributed by atoms with van der Waals surface area (Å²) in [6, 6.07) is 7.83. The van der Waals surface area contributed by atoms with Crippen molar-refractivity contribution in [3.63, 3.8) is 0 Å². The zero-order chi connectivity index (χ0) is 15.9. The zero-order valence-corrected chi connectivity index (χ0v) is 12.8. The van der Waals surface area contributed by atoms with Gasteiger partial charge < -0.3 is 10.6 Å². The Hall–Kier alpha value is -2.43. The van der Waals surface area contributed by atoms with Crippen LogP contribution in [0.4, 0.5) is 15.8 Å². The number of carbonyl (C=O) groups is 1. The summed E-state index contributed by atoms with van der Waals surface area (Å²) in [4.78, 5) is 16.1. The molecule has 1 heterocycles. The Balaban J connectivity index is 2.01. The lowest BCUT2D eigenvalue weighted by atomic mass is 10.1. The first kappa shape index (κ1) is 15.9. The first-order chi connectivity index (χ1) is 10.5. The predicted molar refractivity (Wildman–Crippen MR) is 85.7 cm³/mol. The van der Waals surface area contributed by atoms with Gasteiger partial charge in [0.1, 0.15) is 5.82 Å². The SMILES string of the molecule is CC(C)CCNC(=O)c1cncc(Nc2cccc(F)c2)c1. The van der Waals surface area contributed by atoms with Crippen LogP contribution < -0.4 is 10.6 Å². The van der Waals surface area contributed by atoms with Gasteiger partial charge >= 0.3 is 0 Å². The van der Waals surface area contributed by atoms with E-state index in [4.69, 9.17) is 0 Å². The highest BCUT2D eigenvalue weighted by Crippen LogP contribution is 2.17. The number of aromatic nitrogens is 1. The fourth-order valence-electron chi connectivity index (χ4n) is 1.94. The molecule has 2 rings (SSSR count). The van der Waals surface area contributed by atoms with Crippen LogP contribution in [-0.4, -0.2) is 17.4 Å². The van der Waals surface area contributed by atoms with Gasteiger partial charge in [0, 0.05) is 18.4 Å². The number of hydrogen-bond donors (Lipinski definition) is 2. The highest BCUT2D eigenvalue weighted by Gasteiger charge is 2.07. The number of nitrogens with zero attached hydrogens (tertiary/aromatic N) is 1. The van der Waals surface area contributed by atoms with Crippen LogP contribution in [0.25, 0.3) is 0 Å². The van der Waals surface area contributed by atoms with Crippen molar-refractivity contribution in [3.05, 3.63) is 54.1 Å². The van der Waals surface area contributed by atoms with E-state index in [1.165, 1.54) is 18.3 Å². The lowest BCUT2D eigenvalue weighted by Gasteiger charge is -2.09. The number of halogens is 1. The number of hydrogen-bond acceptors (Lipinski definition) is 3. The number of amides is 1. The highest BCUT2D eigenvalue weighted by molar-refractivity contribution is 5.94. The average Bonchev–Trinajstić information content (AvgIpc) is 2.47. The van der Waals surface area contributed by atoms with Gasteiger partial charge in [-0.2, -0.15) is 0 Å². The minimum absolute atomic E-state index is 0.156. The molecule has 0 fully saturated rings. The number of benzene rings is 1. The minimum atomic E-state index is -0.319. The van der Waals surface area contributed by atoms with Crippen molar-refractivity contribution in [1.82, 2.24) is 10.3 Å². The topological polar surface area (TPSA) is 54.0 Å². The Bertz CT molecular complexity index is 643. The molecule has 0 bridgehead atoms.